The summed E-state index contributed by atoms with van der Waals surface area (Å²) in [5, 5.41) is 2.51. The highest BCUT2D eigenvalue weighted by molar-refractivity contribution is 5.40. The third-order valence-electron chi connectivity index (χ3n) is 2.76. The minimum absolute atomic E-state index is 0.289. The quantitative estimate of drug-likeness (QED) is 0.853. The Kier molecular flexibility index (Phi) is 4.20. The Labute approximate surface area is 100 Å². The highest BCUT2D eigenvalue weighted by atomic mass is 19.4. The van der Waals surface area contributed by atoms with E-state index in [0.29, 0.717) is 16.7 Å². The summed E-state index contributed by atoms with van der Waals surface area (Å²) >= 11 is 0. The number of hydrogen-bond acceptors (Lipinski definition) is 1. The molecule has 1 atom stereocenters. The SMILES string of the molecule is CCNC(c1c(C)cc(C)cc1C)C(F)(F)F. The van der Waals surface area contributed by atoms with Gasteiger partial charge in [-0.2, -0.15) is 13.2 Å². The monoisotopic (exact) mass is 245 g/mol. The maximum atomic E-state index is 13.0. The normalized spacial score (nSPS) is 13.8. The van der Waals surface area contributed by atoms with Crippen LogP contribution in [-0.4, -0.2) is 12.7 Å². The second kappa shape index (κ2) is 5.08. The molecule has 0 spiro atoms. The third-order valence-corrected chi connectivity index (χ3v) is 2.76. The van der Waals surface area contributed by atoms with Crippen molar-refractivity contribution in [2.45, 2.75) is 39.9 Å². The molecule has 0 amide bonds. The van der Waals surface area contributed by atoms with Gasteiger partial charge in [0.25, 0.3) is 0 Å². The molecular formula is C13H18F3N. The fourth-order valence-corrected chi connectivity index (χ4v) is 2.23. The van der Waals surface area contributed by atoms with Crippen LogP contribution >= 0.6 is 0 Å². The second-order valence-corrected chi connectivity index (χ2v) is 4.34. The summed E-state index contributed by atoms with van der Waals surface area (Å²) in [6, 6.07) is 2.00. The largest absolute Gasteiger partial charge is 0.407 e. The van der Waals surface area contributed by atoms with Crippen molar-refractivity contribution in [1.29, 1.82) is 0 Å². The van der Waals surface area contributed by atoms with Crippen LogP contribution in [0.2, 0.25) is 0 Å². The number of hydrogen-bond donors (Lipinski definition) is 1. The second-order valence-electron chi connectivity index (χ2n) is 4.34. The Balaban J connectivity index is 3.28. The zero-order valence-electron chi connectivity index (χ0n) is 10.6. The summed E-state index contributed by atoms with van der Waals surface area (Å²) in [5.41, 5.74) is 2.71. The molecule has 0 saturated carbocycles. The van der Waals surface area contributed by atoms with E-state index in [4.69, 9.17) is 0 Å². The molecule has 4 heteroatoms. The zero-order valence-corrected chi connectivity index (χ0v) is 10.6. The Morgan fingerprint density at radius 3 is 1.94 bits per heavy atom. The van der Waals surface area contributed by atoms with Crippen LogP contribution in [0.15, 0.2) is 12.1 Å². The summed E-state index contributed by atoms with van der Waals surface area (Å²) in [4.78, 5) is 0. The predicted octanol–water partition coefficient (Wildman–Crippen LogP) is 3.82. The Morgan fingerprint density at radius 1 is 1.12 bits per heavy atom. The van der Waals surface area contributed by atoms with Crippen LogP contribution in [-0.2, 0) is 0 Å². The van der Waals surface area contributed by atoms with E-state index >= 15 is 0 Å². The molecule has 0 aliphatic heterocycles. The van der Waals surface area contributed by atoms with Crippen LogP contribution < -0.4 is 5.32 Å². The van der Waals surface area contributed by atoms with Crippen molar-refractivity contribution in [3.05, 3.63) is 34.4 Å². The van der Waals surface area contributed by atoms with Crippen LogP contribution in [0.1, 0.15) is 35.2 Å². The fraction of sp³-hybridized carbons (Fsp3) is 0.538. The van der Waals surface area contributed by atoms with E-state index in [0.717, 1.165) is 5.56 Å². The number of benzene rings is 1. The van der Waals surface area contributed by atoms with Crippen LogP contribution in [0.3, 0.4) is 0 Å². The van der Waals surface area contributed by atoms with E-state index in [9.17, 15) is 13.2 Å². The van der Waals surface area contributed by atoms with E-state index in [1.54, 1.807) is 32.9 Å². The molecule has 1 unspecified atom stereocenters. The summed E-state index contributed by atoms with van der Waals surface area (Å²) in [6.07, 6.45) is -4.26. The van der Waals surface area contributed by atoms with Crippen molar-refractivity contribution >= 4 is 0 Å². The van der Waals surface area contributed by atoms with Crippen molar-refractivity contribution in [3.8, 4) is 0 Å². The van der Waals surface area contributed by atoms with Crippen molar-refractivity contribution in [3.63, 3.8) is 0 Å². The van der Waals surface area contributed by atoms with Crippen LogP contribution in [0, 0.1) is 20.8 Å². The number of alkyl halides is 3. The predicted molar refractivity (Wildman–Crippen MR) is 63.1 cm³/mol. The first kappa shape index (κ1) is 14.0. The lowest BCUT2D eigenvalue weighted by Crippen LogP contribution is -2.35. The average Bonchev–Trinajstić information content (AvgIpc) is 2.13. The molecule has 1 aromatic rings. The maximum absolute atomic E-state index is 13.0. The topological polar surface area (TPSA) is 12.0 Å². The first-order valence-corrected chi connectivity index (χ1v) is 5.65. The first-order chi connectivity index (χ1) is 7.77. The Hall–Kier alpha value is -1.03. The van der Waals surface area contributed by atoms with Gasteiger partial charge in [0.1, 0.15) is 6.04 Å². The Bertz CT molecular complexity index is 373. The molecule has 1 nitrogen and oxygen atoms in total. The number of nitrogens with one attached hydrogen (secondary N) is 1. The molecular weight excluding hydrogens is 227 g/mol. The first-order valence-electron chi connectivity index (χ1n) is 5.65. The molecule has 0 saturated heterocycles. The average molecular weight is 245 g/mol. The van der Waals surface area contributed by atoms with Crippen LogP contribution in [0.4, 0.5) is 13.2 Å². The number of rotatable bonds is 3. The number of halogens is 3. The Morgan fingerprint density at radius 2 is 1.59 bits per heavy atom. The smallest absolute Gasteiger partial charge is 0.303 e. The lowest BCUT2D eigenvalue weighted by Gasteiger charge is -2.25. The lowest BCUT2D eigenvalue weighted by atomic mass is 9.93. The number of aryl methyl sites for hydroxylation is 3. The molecule has 1 rings (SSSR count). The van der Waals surface area contributed by atoms with Crippen molar-refractivity contribution < 1.29 is 13.2 Å². The van der Waals surface area contributed by atoms with Gasteiger partial charge in [0.2, 0.25) is 0 Å². The van der Waals surface area contributed by atoms with Crippen LogP contribution in [0.5, 0.6) is 0 Å². The molecule has 96 valence electrons. The molecule has 0 heterocycles. The molecule has 0 aromatic heterocycles. The molecule has 1 N–H and O–H groups in total. The van der Waals surface area contributed by atoms with E-state index in [2.05, 4.69) is 5.32 Å². The van der Waals surface area contributed by atoms with E-state index in [1.165, 1.54) is 0 Å². The minimum atomic E-state index is -4.26. The highest BCUT2D eigenvalue weighted by Gasteiger charge is 2.41. The standard InChI is InChI=1S/C13H18F3N/c1-5-17-12(13(14,15)16)11-9(3)6-8(2)7-10(11)4/h6-7,12,17H,5H2,1-4H3. The van der Waals surface area contributed by atoms with Gasteiger partial charge in [0.15, 0.2) is 0 Å². The van der Waals surface area contributed by atoms with Gasteiger partial charge in [-0.25, -0.2) is 0 Å². The summed E-state index contributed by atoms with van der Waals surface area (Å²) in [6.45, 7) is 7.31. The van der Waals surface area contributed by atoms with E-state index in [-0.39, 0.29) is 6.54 Å². The maximum Gasteiger partial charge on any atom is 0.407 e. The fourth-order valence-electron chi connectivity index (χ4n) is 2.23. The molecule has 0 aliphatic carbocycles. The highest BCUT2D eigenvalue weighted by Crippen LogP contribution is 2.36. The van der Waals surface area contributed by atoms with Crippen molar-refractivity contribution in [2.24, 2.45) is 0 Å². The molecule has 0 bridgehead atoms. The van der Waals surface area contributed by atoms with Gasteiger partial charge in [-0.3, -0.25) is 0 Å². The van der Waals surface area contributed by atoms with Crippen molar-refractivity contribution in [2.75, 3.05) is 6.54 Å². The van der Waals surface area contributed by atoms with Gasteiger partial charge >= 0.3 is 6.18 Å². The minimum Gasteiger partial charge on any atom is -0.303 e. The van der Waals surface area contributed by atoms with Gasteiger partial charge in [0, 0.05) is 0 Å². The van der Waals surface area contributed by atoms with Gasteiger partial charge in [-0.15, -0.1) is 0 Å². The molecule has 0 aliphatic rings. The molecule has 0 fully saturated rings. The molecule has 1 aromatic carbocycles. The third kappa shape index (κ3) is 3.22. The van der Waals surface area contributed by atoms with Gasteiger partial charge in [-0.05, 0) is 44.0 Å². The van der Waals surface area contributed by atoms with Gasteiger partial charge in [-0.1, -0.05) is 24.6 Å². The lowest BCUT2D eigenvalue weighted by molar-refractivity contribution is -0.157. The summed E-state index contributed by atoms with van der Waals surface area (Å²) < 4.78 is 39.0. The molecule has 0 radical (unpaired) electrons. The van der Waals surface area contributed by atoms with Crippen molar-refractivity contribution in [1.82, 2.24) is 5.32 Å². The summed E-state index contributed by atoms with van der Waals surface area (Å²) in [5.74, 6) is 0. The van der Waals surface area contributed by atoms with Gasteiger partial charge in [0.05, 0.1) is 0 Å². The summed E-state index contributed by atoms with van der Waals surface area (Å²) in [7, 11) is 0. The van der Waals surface area contributed by atoms with E-state index < -0.39 is 12.2 Å². The zero-order chi connectivity index (χ0) is 13.2. The van der Waals surface area contributed by atoms with E-state index in [1.807, 2.05) is 6.92 Å². The molecule has 17 heavy (non-hydrogen) atoms. The van der Waals surface area contributed by atoms with Crippen LogP contribution in [0.25, 0.3) is 0 Å². The van der Waals surface area contributed by atoms with Gasteiger partial charge < -0.3 is 5.32 Å².